The summed E-state index contributed by atoms with van der Waals surface area (Å²) in [5, 5.41) is 2.75. The second kappa shape index (κ2) is 6.51. The van der Waals surface area contributed by atoms with Gasteiger partial charge in [0.1, 0.15) is 6.42 Å². The predicted octanol–water partition coefficient (Wildman–Crippen LogP) is 1.74. The molecule has 16 heavy (non-hydrogen) atoms. The smallest absolute Gasteiger partial charge is 0.315 e. The summed E-state index contributed by atoms with van der Waals surface area (Å²) < 4.78 is 4.42. The van der Waals surface area contributed by atoms with Gasteiger partial charge in [0.05, 0.1) is 7.11 Å². The molecule has 1 N–H and O–H groups in total. The Hall–Kier alpha value is -1.06. The van der Waals surface area contributed by atoms with Gasteiger partial charge in [-0.15, -0.1) is 0 Å². The quantitative estimate of drug-likeness (QED) is 0.557. The van der Waals surface area contributed by atoms with Crippen molar-refractivity contribution in [1.82, 2.24) is 5.32 Å². The van der Waals surface area contributed by atoms with Gasteiger partial charge in [-0.05, 0) is 17.8 Å². The molecule has 0 spiro atoms. The van der Waals surface area contributed by atoms with Gasteiger partial charge in [-0.1, -0.05) is 27.7 Å². The van der Waals surface area contributed by atoms with Crippen molar-refractivity contribution >= 4 is 11.9 Å². The number of hydrogen-bond acceptors (Lipinski definition) is 3. The molecule has 0 aliphatic carbocycles. The molecule has 0 radical (unpaired) electrons. The Bertz CT molecular complexity index is 247. The molecule has 4 nitrogen and oxygen atoms in total. The first kappa shape index (κ1) is 14.9. The lowest BCUT2D eigenvalue weighted by molar-refractivity contribution is -0.143. The minimum Gasteiger partial charge on any atom is -0.469 e. The lowest BCUT2D eigenvalue weighted by atomic mass is 9.84. The number of methoxy groups -OCH3 is 1. The zero-order chi connectivity index (χ0) is 12.8. The third-order valence-electron chi connectivity index (χ3n) is 2.26. The third kappa shape index (κ3) is 7.26. The lowest BCUT2D eigenvalue weighted by Crippen LogP contribution is -2.35. The van der Waals surface area contributed by atoms with Crippen LogP contribution < -0.4 is 5.32 Å². The zero-order valence-corrected chi connectivity index (χ0v) is 10.9. The summed E-state index contributed by atoms with van der Waals surface area (Å²) >= 11 is 0. The minimum absolute atomic E-state index is 0.0555. The molecule has 0 atom stereocenters. The second-order valence-electron chi connectivity index (χ2n) is 5.29. The fourth-order valence-corrected chi connectivity index (χ4v) is 1.78. The van der Waals surface area contributed by atoms with Crippen LogP contribution in [-0.2, 0) is 14.3 Å². The van der Waals surface area contributed by atoms with Crippen LogP contribution in [0.2, 0.25) is 0 Å². The van der Waals surface area contributed by atoms with Gasteiger partial charge in [-0.25, -0.2) is 0 Å². The summed E-state index contributed by atoms with van der Waals surface area (Å²) in [5.41, 5.74) is 0.0555. The molecule has 0 aromatic rings. The molecule has 1 amide bonds. The molecule has 0 heterocycles. The van der Waals surface area contributed by atoms with Gasteiger partial charge in [-0.2, -0.15) is 0 Å². The molecule has 0 aliphatic heterocycles. The number of nitrogens with one attached hydrogen (secondary N) is 1. The van der Waals surface area contributed by atoms with Crippen LogP contribution in [0.3, 0.4) is 0 Å². The van der Waals surface area contributed by atoms with Gasteiger partial charge >= 0.3 is 5.97 Å². The van der Waals surface area contributed by atoms with Gasteiger partial charge < -0.3 is 10.1 Å². The lowest BCUT2D eigenvalue weighted by Gasteiger charge is -2.26. The highest BCUT2D eigenvalue weighted by molar-refractivity contribution is 5.94. The van der Waals surface area contributed by atoms with E-state index in [1.807, 2.05) is 0 Å². The Balaban J connectivity index is 3.95. The Labute approximate surface area is 97.7 Å². The third-order valence-corrected chi connectivity index (χ3v) is 2.26. The average Bonchev–Trinajstić information content (AvgIpc) is 2.13. The van der Waals surface area contributed by atoms with E-state index in [0.717, 1.165) is 6.42 Å². The molecule has 0 rings (SSSR count). The van der Waals surface area contributed by atoms with Crippen molar-refractivity contribution in [2.75, 3.05) is 13.7 Å². The highest BCUT2D eigenvalue weighted by Crippen LogP contribution is 2.23. The van der Waals surface area contributed by atoms with E-state index in [1.165, 1.54) is 7.11 Å². The van der Waals surface area contributed by atoms with Crippen LogP contribution in [0.1, 0.15) is 40.5 Å². The molecule has 0 aromatic carbocycles. The molecular formula is C12H23NO3. The van der Waals surface area contributed by atoms with E-state index in [4.69, 9.17) is 0 Å². The Morgan fingerprint density at radius 2 is 1.88 bits per heavy atom. The number of carbonyl (C=O) groups excluding carboxylic acids is 2. The van der Waals surface area contributed by atoms with Gasteiger partial charge in [-0.3, -0.25) is 9.59 Å². The number of hydrogen-bond donors (Lipinski definition) is 1. The van der Waals surface area contributed by atoms with Crippen molar-refractivity contribution in [1.29, 1.82) is 0 Å². The topological polar surface area (TPSA) is 55.4 Å². The van der Waals surface area contributed by atoms with Crippen LogP contribution in [-0.4, -0.2) is 25.5 Å². The summed E-state index contributed by atoms with van der Waals surface area (Å²) in [5.74, 6) is -0.185. The van der Waals surface area contributed by atoms with Gasteiger partial charge in [0.2, 0.25) is 5.91 Å². The number of esters is 1. The molecule has 0 bridgehead atoms. The van der Waals surface area contributed by atoms with Crippen LogP contribution in [0.5, 0.6) is 0 Å². The number of ether oxygens (including phenoxy) is 1. The van der Waals surface area contributed by atoms with E-state index < -0.39 is 5.97 Å². The SMILES string of the molecule is COC(=O)CC(=O)NCC(C)(C)CC(C)C. The van der Waals surface area contributed by atoms with Gasteiger partial charge in [0.25, 0.3) is 0 Å². The fraction of sp³-hybridized carbons (Fsp3) is 0.833. The Kier molecular flexibility index (Phi) is 6.08. The molecular weight excluding hydrogens is 206 g/mol. The average molecular weight is 229 g/mol. The summed E-state index contributed by atoms with van der Waals surface area (Å²) in [4.78, 5) is 22.2. The highest BCUT2D eigenvalue weighted by Gasteiger charge is 2.20. The normalized spacial score (nSPS) is 11.4. The maximum atomic E-state index is 11.3. The standard InChI is InChI=1S/C12H23NO3/c1-9(2)7-12(3,4)8-13-10(14)6-11(15)16-5/h9H,6-8H2,1-5H3,(H,13,14). The number of amides is 1. The summed E-state index contributed by atoms with van der Waals surface area (Å²) in [6, 6.07) is 0. The molecule has 0 saturated carbocycles. The molecule has 0 fully saturated rings. The molecule has 94 valence electrons. The van der Waals surface area contributed by atoms with Crippen molar-refractivity contribution in [2.24, 2.45) is 11.3 Å². The van der Waals surface area contributed by atoms with E-state index >= 15 is 0 Å². The van der Waals surface area contributed by atoms with Crippen molar-refractivity contribution in [3.63, 3.8) is 0 Å². The van der Waals surface area contributed by atoms with Crippen molar-refractivity contribution in [3.05, 3.63) is 0 Å². The largest absolute Gasteiger partial charge is 0.469 e. The fourth-order valence-electron chi connectivity index (χ4n) is 1.78. The number of carbonyl (C=O) groups is 2. The number of rotatable bonds is 6. The van der Waals surface area contributed by atoms with Crippen molar-refractivity contribution < 1.29 is 14.3 Å². The van der Waals surface area contributed by atoms with Gasteiger partial charge in [0, 0.05) is 6.54 Å². The summed E-state index contributed by atoms with van der Waals surface area (Å²) in [6.45, 7) is 9.09. The summed E-state index contributed by atoms with van der Waals surface area (Å²) in [6.07, 6.45) is 0.833. The Morgan fingerprint density at radius 3 is 2.31 bits per heavy atom. The van der Waals surface area contributed by atoms with E-state index in [0.29, 0.717) is 12.5 Å². The second-order valence-corrected chi connectivity index (χ2v) is 5.29. The van der Waals surface area contributed by atoms with E-state index in [9.17, 15) is 9.59 Å². The van der Waals surface area contributed by atoms with Crippen molar-refractivity contribution in [2.45, 2.75) is 40.5 Å². The van der Waals surface area contributed by atoms with E-state index in [2.05, 4.69) is 37.7 Å². The van der Waals surface area contributed by atoms with E-state index in [-0.39, 0.29) is 17.7 Å². The first-order valence-corrected chi connectivity index (χ1v) is 5.60. The molecule has 0 unspecified atom stereocenters. The van der Waals surface area contributed by atoms with Crippen molar-refractivity contribution in [3.8, 4) is 0 Å². The highest BCUT2D eigenvalue weighted by atomic mass is 16.5. The maximum Gasteiger partial charge on any atom is 0.315 e. The van der Waals surface area contributed by atoms with Crippen LogP contribution in [0.15, 0.2) is 0 Å². The van der Waals surface area contributed by atoms with Crippen LogP contribution in [0.25, 0.3) is 0 Å². The molecule has 0 aromatic heterocycles. The maximum absolute atomic E-state index is 11.3. The molecule has 4 heteroatoms. The van der Waals surface area contributed by atoms with Crippen LogP contribution in [0, 0.1) is 11.3 Å². The molecule has 0 saturated heterocycles. The monoisotopic (exact) mass is 229 g/mol. The Morgan fingerprint density at radius 1 is 1.31 bits per heavy atom. The zero-order valence-electron chi connectivity index (χ0n) is 10.9. The predicted molar refractivity (Wildman–Crippen MR) is 62.9 cm³/mol. The van der Waals surface area contributed by atoms with Gasteiger partial charge in [0.15, 0.2) is 0 Å². The summed E-state index contributed by atoms with van der Waals surface area (Å²) in [7, 11) is 1.28. The van der Waals surface area contributed by atoms with E-state index in [1.54, 1.807) is 0 Å². The first-order chi connectivity index (χ1) is 7.26. The minimum atomic E-state index is -0.501. The van der Waals surface area contributed by atoms with Crippen LogP contribution >= 0.6 is 0 Å². The first-order valence-electron chi connectivity index (χ1n) is 5.60. The van der Waals surface area contributed by atoms with Crippen LogP contribution in [0.4, 0.5) is 0 Å². The molecule has 0 aliphatic rings.